The van der Waals surface area contributed by atoms with E-state index in [-0.39, 0.29) is 11.6 Å². The van der Waals surface area contributed by atoms with Crippen molar-refractivity contribution >= 4 is 28.9 Å². The lowest BCUT2D eigenvalue weighted by molar-refractivity contribution is 0.0322. The predicted molar refractivity (Wildman–Crippen MR) is 167 cm³/mol. The highest BCUT2D eigenvalue weighted by atomic mass is 16.5. The van der Waals surface area contributed by atoms with Gasteiger partial charge in [-0.05, 0) is 56.1 Å². The number of aromatic nitrogens is 3. The van der Waals surface area contributed by atoms with E-state index in [1.807, 2.05) is 44.2 Å². The third kappa shape index (κ3) is 9.89. The Morgan fingerprint density at radius 3 is 2.51 bits per heavy atom. The van der Waals surface area contributed by atoms with Crippen molar-refractivity contribution in [1.82, 2.24) is 25.2 Å². The van der Waals surface area contributed by atoms with Crippen LogP contribution in [0.1, 0.15) is 42.7 Å². The second-order valence-corrected chi connectivity index (χ2v) is 9.99. The number of rotatable bonds is 11. The molecule has 0 atom stereocenters. The average molecular weight is 588 g/mol. The zero-order valence-electron chi connectivity index (χ0n) is 24.9. The number of piperidine rings is 1. The smallest absolute Gasteiger partial charge is 0.259 e. The molecule has 0 aliphatic carbocycles. The first-order valence-corrected chi connectivity index (χ1v) is 14.9. The van der Waals surface area contributed by atoms with Gasteiger partial charge in [0.05, 0.1) is 36.9 Å². The lowest BCUT2D eigenvalue weighted by Crippen LogP contribution is -2.38. The van der Waals surface area contributed by atoms with Crippen LogP contribution in [0.5, 0.6) is 5.75 Å². The topological polar surface area (TPSA) is 149 Å². The third-order valence-corrected chi connectivity index (χ3v) is 7.10. The van der Waals surface area contributed by atoms with Crippen LogP contribution in [-0.2, 0) is 4.74 Å². The molecule has 3 aromatic rings. The molecule has 4 heterocycles. The summed E-state index contributed by atoms with van der Waals surface area (Å²) in [6.07, 6.45) is 6.56. The van der Waals surface area contributed by atoms with E-state index >= 15 is 0 Å². The first-order valence-electron chi connectivity index (χ1n) is 14.9. The third-order valence-electron chi connectivity index (χ3n) is 7.10. The van der Waals surface area contributed by atoms with E-state index in [1.165, 1.54) is 12.4 Å². The number of hydrogen-bond donors (Lipinski definition) is 4. The van der Waals surface area contributed by atoms with Crippen LogP contribution in [-0.4, -0.2) is 84.8 Å². The fourth-order valence-corrected chi connectivity index (χ4v) is 4.72. The average Bonchev–Trinajstić information content (AvgIpc) is 3.07. The molecular weight excluding hydrogens is 546 g/mol. The Labute approximate surface area is 253 Å². The summed E-state index contributed by atoms with van der Waals surface area (Å²) < 4.78 is 11.3. The van der Waals surface area contributed by atoms with E-state index in [0.29, 0.717) is 41.1 Å². The van der Waals surface area contributed by atoms with E-state index in [0.717, 1.165) is 71.1 Å². The number of nitrogens with zero attached hydrogens (tertiary/aromatic N) is 5. The highest BCUT2D eigenvalue weighted by molar-refractivity contribution is 6.08. The number of amides is 1. The lowest BCUT2D eigenvalue weighted by Gasteiger charge is -2.26. The Morgan fingerprint density at radius 1 is 1.07 bits per heavy atom. The van der Waals surface area contributed by atoms with Gasteiger partial charge in [-0.15, -0.1) is 0 Å². The van der Waals surface area contributed by atoms with Crippen molar-refractivity contribution < 1.29 is 14.3 Å². The molecule has 2 saturated heterocycles. The maximum atomic E-state index is 13.3. The molecule has 0 saturated carbocycles. The fourth-order valence-electron chi connectivity index (χ4n) is 4.72. The molecule has 0 spiro atoms. The number of carbonyl (C=O) groups is 1. The SMILES string of the molecule is CC.N#Cc1cnc(Nc2cc(NCC3CCNCC3)c(C(=O)Nc3ccc(OCCN4CCOCC4)cc3)cn2)cn1. The molecule has 0 radical (unpaired) electrons. The van der Waals surface area contributed by atoms with Gasteiger partial charge >= 0.3 is 0 Å². The maximum Gasteiger partial charge on any atom is 0.259 e. The molecule has 12 heteroatoms. The van der Waals surface area contributed by atoms with Crippen molar-refractivity contribution in [3.8, 4) is 11.8 Å². The van der Waals surface area contributed by atoms with Crippen molar-refractivity contribution in [1.29, 1.82) is 5.26 Å². The molecule has 0 bridgehead atoms. The molecule has 1 aromatic carbocycles. The molecule has 2 aromatic heterocycles. The summed E-state index contributed by atoms with van der Waals surface area (Å²) in [5.74, 6) is 1.95. The van der Waals surface area contributed by atoms with Crippen molar-refractivity contribution in [2.45, 2.75) is 26.7 Å². The first kappa shape index (κ1) is 31.6. The van der Waals surface area contributed by atoms with Gasteiger partial charge in [0.25, 0.3) is 5.91 Å². The quantitative estimate of drug-likeness (QED) is 0.259. The number of ether oxygens (including phenoxy) is 2. The van der Waals surface area contributed by atoms with Crippen LogP contribution in [0, 0.1) is 17.2 Å². The van der Waals surface area contributed by atoms with Gasteiger partial charge in [-0.25, -0.2) is 15.0 Å². The van der Waals surface area contributed by atoms with Gasteiger partial charge in [0, 0.05) is 44.1 Å². The number of nitriles is 1. The van der Waals surface area contributed by atoms with E-state index in [1.54, 1.807) is 12.3 Å². The number of hydrogen-bond acceptors (Lipinski definition) is 11. The monoisotopic (exact) mass is 587 g/mol. The van der Waals surface area contributed by atoms with Crippen LogP contribution >= 0.6 is 0 Å². The zero-order chi connectivity index (χ0) is 30.3. The van der Waals surface area contributed by atoms with E-state index < -0.39 is 0 Å². The highest BCUT2D eigenvalue weighted by Crippen LogP contribution is 2.24. The Morgan fingerprint density at radius 2 is 1.81 bits per heavy atom. The van der Waals surface area contributed by atoms with Crippen LogP contribution < -0.4 is 26.0 Å². The molecule has 4 N–H and O–H groups in total. The number of nitrogens with one attached hydrogen (secondary N) is 4. The number of morpholine rings is 1. The molecule has 228 valence electrons. The minimum Gasteiger partial charge on any atom is -0.492 e. The van der Waals surface area contributed by atoms with Gasteiger partial charge in [0.1, 0.15) is 30.1 Å². The first-order chi connectivity index (χ1) is 21.2. The highest BCUT2D eigenvalue weighted by Gasteiger charge is 2.18. The van der Waals surface area contributed by atoms with Crippen LogP contribution in [0.4, 0.5) is 23.0 Å². The van der Waals surface area contributed by atoms with Crippen LogP contribution in [0.2, 0.25) is 0 Å². The standard InChI is InChI=1S/C29H35N9O3.C2H6/c30-16-23-18-34-28(20-32-23)37-27-15-26(33-17-21-5-7-31-8-6-21)25(19-35-27)29(39)36-22-1-3-24(4-2-22)41-14-11-38-9-12-40-13-10-38;1-2/h1-4,15,18-21,31H,5-14,17H2,(H,36,39)(H2,33,34,35,37);1-2H3. The molecule has 0 unspecified atom stereocenters. The van der Waals surface area contributed by atoms with E-state index in [2.05, 4.69) is 41.1 Å². The fraction of sp³-hybridized carbons (Fsp3) is 0.452. The summed E-state index contributed by atoms with van der Waals surface area (Å²) in [5.41, 5.74) is 1.99. The Hall–Kier alpha value is -4.31. The largest absolute Gasteiger partial charge is 0.492 e. The summed E-state index contributed by atoms with van der Waals surface area (Å²) in [6, 6.07) is 11.1. The summed E-state index contributed by atoms with van der Waals surface area (Å²) in [4.78, 5) is 28.3. The minimum atomic E-state index is -0.268. The molecular formula is C31H41N9O3. The second kappa shape index (κ2) is 17.0. The molecule has 2 fully saturated rings. The Kier molecular flexibility index (Phi) is 12.5. The van der Waals surface area contributed by atoms with Gasteiger partial charge in [-0.2, -0.15) is 5.26 Å². The number of anilines is 4. The summed E-state index contributed by atoms with van der Waals surface area (Å²) in [7, 11) is 0. The van der Waals surface area contributed by atoms with Crippen LogP contribution in [0.15, 0.2) is 48.9 Å². The Bertz CT molecular complexity index is 1320. The number of pyridine rings is 1. The van der Waals surface area contributed by atoms with Crippen LogP contribution in [0.3, 0.4) is 0 Å². The summed E-state index contributed by atoms with van der Waals surface area (Å²) in [5, 5.41) is 21.9. The minimum absolute atomic E-state index is 0.229. The number of carbonyl (C=O) groups excluding carboxylic acids is 1. The van der Waals surface area contributed by atoms with E-state index in [4.69, 9.17) is 14.7 Å². The van der Waals surface area contributed by atoms with Crippen molar-refractivity contribution in [2.75, 3.05) is 75.0 Å². The predicted octanol–water partition coefficient (Wildman–Crippen LogP) is 3.89. The number of benzene rings is 1. The molecule has 5 rings (SSSR count). The van der Waals surface area contributed by atoms with Crippen molar-refractivity contribution in [3.05, 3.63) is 60.2 Å². The van der Waals surface area contributed by atoms with Crippen molar-refractivity contribution in [2.24, 2.45) is 5.92 Å². The zero-order valence-corrected chi connectivity index (χ0v) is 24.9. The molecule has 12 nitrogen and oxygen atoms in total. The lowest BCUT2D eigenvalue weighted by atomic mass is 9.98. The van der Waals surface area contributed by atoms with Gasteiger partial charge < -0.3 is 30.7 Å². The normalized spacial score (nSPS) is 15.4. The van der Waals surface area contributed by atoms with Crippen molar-refractivity contribution in [3.63, 3.8) is 0 Å². The van der Waals surface area contributed by atoms with Gasteiger partial charge in [0.15, 0.2) is 5.69 Å². The molecule has 1 amide bonds. The Balaban J connectivity index is 0.00000207. The van der Waals surface area contributed by atoms with Gasteiger partial charge in [-0.1, -0.05) is 13.8 Å². The maximum absolute atomic E-state index is 13.3. The molecule has 2 aliphatic heterocycles. The molecule has 43 heavy (non-hydrogen) atoms. The second-order valence-electron chi connectivity index (χ2n) is 9.99. The van der Waals surface area contributed by atoms with Crippen LogP contribution in [0.25, 0.3) is 0 Å². The van der Waals surface area contributed by atoms with Gasteiger partial charge in [0.2, 0.25) is 0 Å². The molecule has 2 aliphatic rings. The summed E-state index contributed by atoms with van der Waals surface area (Å²) in [6.45, 7) is 11.6. The van der Waals surface area contributed by atoms with Gasteiger partial charge in [-0.3, -0.25) is 9.69 Å². The van der Waals surface area contributed by atoms with E-state index in [9.17, 15) is 4.79 Å². The summed E-state index contributed by atoms with van der Waals surface area (Å²) >= 11 is 0.